The van der Waals surface area contributed by atoms with Crippen LogP contribution in [-0.4, -0.2) is 33.5 Å². The van der Waals surface area contributed by atoms with Gasteiger partial charge in [0.25, 0.3) is 0 Å². The smallest absolute Gasteiger partial charge is 0.162 e. The van der Waals surface area contributed by atoms with Crippen LogP contribution in [0.1, 0.15) is 13.8 Å². The molecule has 5 heteroatoms. The zero-order valence-corrected chi connectivity index (χ0v) is 12.0. The molecule has 1 rings (SSSR count). The van der Waals surface area contributed by atoms with Crippen LogP contribution < -0.4 is 14.8 Å². The summed E-state index contributed by atoms with van der Waals surface area (Å²) in [5.74, 6) is 1.26. The number of hydrogen-bond acceptors (Lipinski definition) is 4. The number of methoxy groups -OCH3 is 2. The third kappa shape index (κ3) is 3.96. The van der Waals surface area contributed by atoms with Crippen LogP contribution in [0.25, 0.3) is 0 Å². The molecular formula is C13H20ClNO3. The number of nitrogens with one attached hydrogen (secondary N) is 1. The van der Waals surface area contributed by atoms with Crippen molar-refractivity contribution in [1.29, 1.82) is 0 Å². The minimum absolute atomic E-state index is 0.167. The molecule has 0 amide bonds. The molecule has 0 fully saturated rings. The van der Waals surface area contributed by atoms with Crippen LogP contribution >= 0.6 is 11.6 Å². The van der Waals surface area contributed by atoms with Gasteiger partial charge in [0.15, 0.2) is 11.5 Å². The highest BCUT2D eigenvalue weighted by Crippen LogP contribution is 2.36. The summed E-state index contributed by atoms with van der Waals surface area (Å²) in [5.41, 5.74) is 0.807. The fourth-order valence-corrected chi connectivity index (χ4v) is 1.77. The predicted octanol–water partition coefficient (Wildman–Crippen LogP) is 3.19. The maximum atomic E-state index is 6.18. The van der Waals surface area contributed by atoms with Gasteiger partial charge in [0.2, 0.25) is 0 Å². The third-order valence-corrected chi connectivity index (χ3v) is 2.76. The Bertz CT molecular complexity index is 385. The SMILES string of the molecule is CCOCC(C)Nc1cc(OC)c(OC)cc1Cl. The van der Waals surface area contributed by atoms with Crippen LogP contribution in [0.2, 0.25) is 5.02 Å². The van der Waals surface area contributed by atoms with Crippen molar-refractivity contribution in [2.75, 3.05) is 32.8 Å². The van der Waals surface area contributed by atoms with Crippen LogP contribution in [0.15, 0.2) is 12.1 Å². The number of hydrogen-bond donors (Lipinski definition) is 1. The molecule has 4 nitrogen and oxygen atoms in total. The van der Waals surface area contributed by atoms with Gasteiger partial charge >= 0.3 is 0 Å². The highest BCUT2D eigenvalue weighted by Gasteiger charge is 2.11. The maximum absolute atomic E-state index is 6.18. The first-order valence-corrected chi connectivity index (χ1v) is 6.26. The van der Waals surface area contributed by atoms with Crippen LogP contribution in [0.5, 0.6) is 11.5 Å². The molecule has 0 heterocycles. The monoisotopic (exact) mass is 273 g/mol. The number of benzene rings is 1. The van der Waals surface area contributed by atoms with Gasteiger partial charge in [-0.3, -0.25) is 0 Å². The molecule has 1 aromatic rings. The van der Waals surface area contributed by atoms with Gasteiger partial charge in [-0.2, -0.15) is 0 Å². The van der Waals surface area contributed by atoms with Gasteiger partial charge in [0, 0.05) is 24.8 Å². The van der Waals surface area contributed by atoms with Gasteiger partial charge in [-0.05, 0) is 13.8 Å². The molecule has 0 aliphatic carbocycles. The first-order valence-electron chi connectivity index (χ1n) is 5.88. The van der Waals surface area contributed by atoms with E-state index in [0.29, 0.717) is 29.7 Å². The molecule has 1 aromatic carbocycles. The third-order valence-electron chi connectivity index (χ3n) is 2.45. The number of anilines is 1. The summed E-state index contributed by atoms with van der Waals surface area (Å²) in [6.07, 6.45) is 0. The molecule has 0 aliphatic rings. The van der Waals surface area contributed by atoms with Crippen molar-refractivity contribution in [2.45, 2.75) is 19.9 Å². The van der Waals surface area contributed by atoms with Gasteiger partial charge in [-0.1, -0.05) is 11.6 Å². The standard InChI is InChI=1S/C13H20ClNO3/c1-5-18-8-9(2)15-11-7-13(17-4)12(16-3)6-10(11)14/h6-7,9,15H,5,8H2,1-4H3. The molecule has 102 valence electrons. The fraction of sp³-hybridized carbons (Fsp3) is 0.538. The van der Waals surface area contributed by atoms with Crippen molar-refractivity contribution < 1.29 is 14.2 Å². The van der Waals surface area contributed by atoms with E-state index in [9.17, 15) is 0 Å². The Morgan fingerprint density at radius 3 is 2.39 bits per heavy atom. The second-order valence-corrected chi connectivity index (χ2v) is 4.30. The molecule has 0 saturated heterocycles. The molecular weight excluding hydrogens is 254 g/mol. The molecule has 1 unspecified atom stereocenters. The van der Waals surface area contributed by atoms with Gasteiger partial charge < -0.3 is 19.5 Å². The highest BCUT2D eigenvalue weighted by atomic mass is 35.5. The molecule has 0 saturated carbocycles. The van der Waals surface area contributed by atoms with Crippen LogP contribution in [-0.2, 0) is 4.74 Å². The van der Waals surface area contributed by atoms with Crippen molar-refractivity contribution in [2.24, 2.45) is 0 Å². The summed E-state index contributed by atoms with van der Waals surface area (Å²) in [5, 5.41) is 3.87. The Morgan fingerprint density at radius 1 is 1.22 bits per heavy atom. The van der Waals surface area contributed by atoms with E-state index in [1.807, 2.05) is 19.9 Å². The Hall–Kier alpha value is -1.13. The molecule has 0 aliphatic heterocycles. The first-order chi connectivity index (χ1) is 8.62. The molecule has 1 atom stereocenters. The number of ether oxygens (including phenoxy) is 3. The second-order valence-electron chi connectivity index (χ2n) is 3.89. The highest BCUT2D eigenvalue weighted by molar-refractivity contribution is 6.33. The average Bonchev–Trinajstić information content (AvgIpc) is 2.38. The van der Waals surface area contributed by atoms with Crippen LogP contribution in [0.3, 0.4) is 0 Å². The molecule has 0 bridgehead atoms. The van der Waals surface area contributed by atoms with Gasteiger partial charge in [-0.25, -0.2) is 0 Å². The molecule has 0 spiro atoms. The second kappa shape index (κ2) is 7.34. The van der Waals surface area contributed by atoms with E-state index in [1.165, 1.54) is 0 Å². The van der Waals surface area contributed by atoms with Gasteiger partial charge in [-0.15, -0.1) is 0 Å². The van der Waals surface area contributed by atoms with E-state index >= 15 is 0 Å². The molecule has 0 aromatic heterocycles. The minimum atomic E-state index is 0.167. The quantitative estimate of drug-likeness (QED) is 0.828. The molecule has 1 N–H and O–H groups in total. The summed E-state index contributed by atoms with van der Waals surface area (Å²) in [4.78, 5) is 0. The Balaban J connectivity index is 2.82. The lowest BCUT2D eigenvalue weighted by molar-refractivity contribution is 0.141. The Labute approximate surface area is 113 Å². The van der Waals surface area contributed by atoms with E-state index in [4.69, 9.17) is 25.8 Å². The minimum Gasteiger partial charge on any atom is -0.493 e. The van der Waals surface area contributed by atoms with E-state index < -0.39 is 0 Å². The van der Waals surface area contributed by atoms with Crippen molar-refractivity contribution in [3.63, 3.8) is 0 Å². The maximum Gasteiger partial charge on any atom is 0.162 e. The lowest BCUT2D eigenvalue weighted by atomic mass is 10.2. The average molecular weight is 274 g/mol. The van der Waals surface area contributed by atoms with E-state index in [-0.39, 0.29) is 6.04 Å². The zero-order valence-electron chi connectivity index (χ0n) is 11.2. The van der Waals surface area contributed by atoms with E-state index in [2.05, 4.69) is 5.32 Å². The van der Waals surface area contributed by atoms with Crippen molar-refractivity contribution >= 4 is 17.3 Å². The fourth-order valence-electron chi connectivity index (χ4n) is 1.57. The lowest BCUT2D eigenvalue weighted by Gasteiger charge is -2.18. The zero-order chi connectivity index (χ0) is 13.5. The molecule has 18 heavy (non-hydrogen) atoms. The summed E-state index contributed by atoms with van der Waals surface area (Å²) in [6.45, 7) is 5.33. The molecule has 0 radical (unpaired) electrons. The number of rotatable bonds is 7. The van der Waals surface area contributed by atoms with Gasteiger partial charge in [0.05, 0.1) is 31.5 Å². The topological polar surface area (TPSA) is 39.7 Å². The van der Waals surface area contributed by atoms with Crippen molar-refractivity contribution in [1.82, 2.24) is 0 Å². The largest absolute Gasteiger partial charge is 0.493 e. The van der Waals surface area contributed by atoms with E-state index in [0.717, 1.165) is 5.69 Å². The Kier molecular flexibility index (Phi) is 6.09. The predicted molar refractivity (Wildman–Crippen MR) is 74.1 cm³/mol. The van der Waals surface area contributed by atoms with Crippen LogP contribution in [0.4, 0.5) is 5.69 Å². The van der Waals surface area contributed by atoms with E-state index in [1.54, 1.807) is 20.3 Å². The summed E-state index contributed by atoms with van der Waals surface area (Å²) < 4.78 is 15.8. The summed E-state index contributed by atoms with van der Waals surface area (Å²) >= 11 is 6.18. The lowest BCUT2D eigenvalue weighted by Crippen LogP contribution is -2.21. The van der Waals surface area contributed by atoms with Gasteiger partial charge in [0.1, 0.15) is 0 Å². The number of halogens is 1. The first kappa shape index (κ1) is 14.9. The van der Waals surface area contributed by atoms with Crippen molar-refractivity contribution in [3.05, 3.63) is 17.2 Å². The summed E-state index contributed by atoms with van der Waals surface area (Å²) in [6, 6.07) is 3.72. The normalized spacial score (nSPS) is 12.1. The summed E-state index contributed by atoms with van der Waals surface area (Å²) in [7, 11) is 3.18. The van der Waals surface area contributed by atoms with Crippen LogP contribution in [0, 0.1) is 0 Å². The van der Waals surface area contributed by atoms with Crippen molar-refractivity contribution in [3.8, 4) is 11.5 Å². The Morgan fingerprint density at radius 2 is 1.83 bits per heavy atom.